The molecule has 0 radical (unpaired) electrons. The number of aromatic hydroxyl groups is 1. The van der Waals surface area contributed by atoms with Gasteiger partial charge >= 0.3 is 5.97 Å². The van der Waals surface area contributed by atoms with Crippen molar-refractivity contribution in [1.82, 2.24) is 15.1 Å². The van der Waals surface area contributed by atoms with Crippen molar-refractivity contribution in [1.29, 1.82) is 0 Å². The Labute approximate surface area is 201 Å². The summed E-state index contributed by atoms with van der Waals surface area (Å²) in [7, 11) is 1.84. The van der Waals surface area contributed by atoms with E-state index in [4.69, 9.17) is 5.73 Å². The van der Waals surface area contributed by atoms with E-state index in [0.29, 0.717) is 22.8 Å². The molecule has 0 aliphatic carbocycles. The van der Waals surface area contributed by atoms with Crippen LogP contribution in [0, 0.1) is 0 Å². The fourth-order valence-electron chi connectivity index (χ4n) is 3.83. The highest BCUT2D eigenvalue weighted by atomic mass is 32.2. The molecular formula is C23H28N4O6S. The number of nitrogens with one attached hydrogen (secondary N) is 1. The van der Waals surface area contributed by atoms with E-state index < -0.39 is 35.2 Å². The molecule has 3 aliphatic heterocycles. The van der Waals surface area contributed by atoms with E-state index in [2.05, 4.69) is 5.32 Å². The number of allylic oxidation sites excluding steroid dienone is 2. The van der Waals surface area contributed by atoms with Gasteiger partial charge in [0, 0.05) is 25.8 Å². The largest absolute Gasteiger partial charge is 0.508 e. The Hall–Kier alpha value is -3.31. The number of β-lactam (4-membered cyclic amide) rings is 1. The van der Waals surface area contributed by atoms with Crippen LogP contribution in [0.25, 0.3) is 0 Å². The van der Waals surface area contributed by atoms with E-state index in [9.17, 15) is 29.4 Å². The number of aliphatic carboxylic acids is 1. The van der Waals surface area contributed by atoms with E-state index >= 15 is 0 Å². The molecule has 3 atom stereocenters. The Balaban J connectivity index is 0.000000396. The molecule has 0 unspecified atom stereocenters. The predicted octanol–water partition coefficient (Wildman–Crippen LogP) is 0.945. The summed E-state index contributed by atoms with van der Waals surface area (Å²) in [5.41, 5.74) is 6.93. The number of carbonyl (C=O) groups excluding carboxylic acids is 3. The third-order valence-electron chi connectivity index (χ3n) is 5.71. The number of carbonyl (C=O) groups is 4. The van der Waals surface area contributed by atoms with Gasteiger partial charge in [0.1, 0.15) is 28.9 Å². The summed E-state index contributed by atoms with van der Waals surface area (Å²) in [5.74, 6) is -1.42. The highest BCUT2D eigenvalue weighted by Crippen LogP contribution is 2.40. The lowest BCUT2D eigenvalue weighted by molar-refractivity contribution is -0.150. The fraction of sp³-hybridized carbons (Fsp3) is 0.391. The van der Waals surface area contributed by atoms with Crippen molar-refractivity contribution < 1.29 is 29.4 Å². The molecule has 11 heteroatoms. The number of phenols is 1. The van der Waals surface area contributed by atoms with Crippen LogP contribution in [0.2, 0.25) is 0 Å². The molecule has 0 aromatic heterocycles. The summed E-state index contributed by atoms with van der Waals surface area (Å²) in [5, 5.41) is 20.9. The highest BCUT2D eigenvalue weighted by molar-refractivity contribution is 8.00. The predicted molar refractivity (Wildman–Crippen MR) is 126 cm³/mol. The first-order valence-electron chi connectivity index (χ1n) is 10.8. The molecule has 2 saturated heterocycles. The van der Waals surface area contributed by atoms with Crippen LogP contribution < -0.4 is 11.1 Å². The number of nitrogens with two attached hydrogens (primary N) is 1. The number of thioether (sulfide) groups is 1. The van der Waals surface area contributed by atoms with Gasteiger partial charge in [-0.2, -0.15) is 0 Å². The van der Waals surface area contributed by atoms with Gasteiger partial charge in [-0.3, -0.25) is 19.3 Å². The lowest BCUT2D eigenvalue weighted by Crippen LogP contribution is -2.71. The summed E-state index contributed by atoms with van der Waals surface area (Å²) in [6, 6.07) is 4.06. The van der Waals surface area contributed by atoms with Crippen molar-refractivity contribution in [3.05, 3.63) is 53.3 Å². The van der Waals surface area contributed by atoms with E-state index in [-0.39, 0.29) is 11.4 Å². The van der Waals surface area contributed by atoms with Gasteiger partial charge < -0.3 is 26.2 Å². The molecule has 5 N–H and O–H groups in total. The second kappa shape index (κ2) is 10.7. The van der Waals surface area contributed by atoms with Crippen LogP contribution in [0.5, 0.6) is 5.75 Å². The molecule has 0 bridgehead atoms. The van der Waals surface area contributed by atoms with Crippen LogP contribution in [0.3, 0.4) is 0 Å². The number of carboxylic acid groups (broad SMARTS) is 1. The summed E-state index contributed by atoms with van der Waals surface area (Å²) < 4.78 is 0. The van der Waals surface area contributed by atoms with Gasteiger partial charge in [0.15, 0.2) is 0 Å². The minimum absolute atomic E-state index is 0.0461. The van der Waals surface area contributed by atoms with Gasteiger partial charge in [-0.1, -0.05) is 24.3 Å². The minimum Gasteiger partial charge on any atom is -0.508 e. The van der Waals surface area contributed by atoms with Crippen molar-refractivity contribution in [3.63, 3.8) is 0 Å². The number of benzene rings is 1. The molecule has 0 spiro atoms. The number of phenolic OH excluding ortho intramolecular Hbond substituents is 1. The smallest absolute Gasteiger partial charge is 0.352 e. The van der Waals surface area contributed by atoms with E-state index in [1.165, 1.54) is 40.9 Å². The zero-order valence-corrected chi connectivity index (χ0v) is 19.7. The number of amides is 3. The number of rotatable bonds is 5. The Morgan fingerprint density at radius 3 is 2.44 bits per heavy atom. The zero-order valence-electron chi connectivity index (χ0n) is 18.9. The maximum Gasteiger partial charge on any atom is 0.352 e. The summed E-state index contributed by atoms with van der Waals surface area (Å²) in [4.78, 5) is 50.0. The lowest BCUT2D eigenvalue weighted by atomic mass is 10.0. The number of hydrogen-bond donors (Lipinski definition) is 4. The quantitative estimate of drug-likeness (QED) is 0.447. The maximum atomic E-state index is 12.5. The molecule has 3 aliphatic rings. The second-order valence-corrected chi connectivity index (χ2v) is 9.17. The highest BCUT2D eigenvalue weighted by Gasteiger charge is 2.54. The first-order chi connectivity index (χ1) is 16.1. The summed E-state index contributed by atoms with van der Waals surface area (Å²) >= 11 is 1.39. The van der Waals surface area contributed by atoms with Gasteiger partial charge in [0.05, 0.1) is 0 Å². The lowest BCUT2D eigenvalue weighted by Gasteiger charge is -2.49. The van der Waals surface area contributed by atoms with E-state index in [0.717, 1.165) is 19.4 Å². The molecule has 1 aromatic carbocycles. The fourth-order valence-corrected chi connectivity index (χ4v) is 5.15. The molecule has 182 valence electrons. The molecule has 34 heavy (non-hydrogen) atoms. The SMILES string of the molecule is CC=CC1=C(C(=O)O)N2C(=O)[C@@H](NC(=O)[C@H](N)c3ccc(O)cc3)[C@H]2SC1.CN1CCCC1=O. The summed E-state index contributed by atoms with van der Waals surface area (Å²) in [6.07, 6.45) is 5.21. The van der Waals surface area contributed by atoms with Crippen LogP contribution >= 0.6 is 11.8 Å². The first-order valence-corrected chi connectivity index (χ1v) is 11.8. The number of hydrogen-bond acceptors (Lipinski definition) is 7. The van der Waals surface area contributed by atoms with Crippen molar-refractivity contribution in [3.8, 4) is 5.75 Å². The molecular weight excluding hydrogens is 460 g/mol. The van der Waals surface area contributed by atoms with E-state index in [1.807, 2.05) is 7.05 Å². The van der Waals surface area contributed by atoms with Gasteiger partial charge in [-0.05, 0) is 36.6 Å². The standard InChI is InChI=1S/C18H19N3O5S.C5H9NO/c1-2-3-10-8-27-17-13(16(24)21(17)14(10)18(25)26)20-15(23)12(19)9-4-6-11(22)7-5-9;1-6-4-2-3-5(6)7/h2-7,12-13,17,22H,8,19H2,1H3,(H,20,23)(H,25,26);2-4H2,1H3/t12-,13-,17-;/m1./s1. The van der Waals surface area contributed by atoms with Gasteiger partial charge in [-0.15, -0.1) is 11.8 Å². The number of likely N-dealkylation sites (tertiary alicyclic amines) is 1. The van der Waals surface area contributed by atoms with Gasteiger partial charge in [0.25, 0.3) is 5.91 Å². The Bertz CT molecular complexity index is 1040. The Morgan fingerprint density at radius 2 is 1.94 bits per heavy atom. The maximum absolute atomic E-state index is 12.5. The van der Waals surface area contributed by atoms with Crippen LogP contribution in [-0.4, -0.2) is 74.5 Å². The van der Waals surface area contributed by atoms with Crippen LogP contribution in [0.15, 0.2) is 47.7 Å². The van der Waals surface area contributed by atoms with Crippen molar-refractivity contribution >= 4 is 35.5 Å². The minimum atomic E-state index is -1.17. The van der Waals surface area contributed by atoms with Crippen molar-refractivity contribution in [2.75, 3.05) is 19.3 Å². The van der Waals surface area contributed by atoms with Crippen molar-refractivity contribution in [2.24, 2.45) is 5.73 Å². The molecule has 0 saturated carbocycles. The number of nitrogens with zero attached hydrogens (tertiary/aromatic N) is 2. The Kier molecular flexibility index (Phi) is 8.00. The van der Waals surface area contributed by atoms with Gasteiger partial charge in [0.2, 0.25) is 11.8 Å². The monoisotopic (exact) mass is 488 g/mol. The normalized spacial score (nSPS) is 22.7. The molecule has 3 amide bonds. The second-order valence-electron chi connectivity index (χ2n) is 8.06. The summed E-state index contributed by atoms with van der Waals surface area (Å²) in [6.45, 7) is 2.73. The molecule has 10 nitrogen and oxygen atoms in total. The molecule has 2 fully saturated rings. The molecule has 3 heterocycles. The first kappa shape index (κ1) is 25.3. The average Bonchev–Trinajstić information content (AvgIpc) is 3.19. The third-order valence-corrected chi connectivity index (χ3v) is 7.01. The van der Waals surface area contributed by atoms with Crippen LogP contribution in [-0.2, 0) is 19.2 Å². The molecule has 1 aromatic rings. The Morgan fingerprint density at radius 1 is 1.26 bits per heavy atom. The van der Waals surface area contributed by atoms with Gasteiger partial charge in [-0.25, -0.2) is 4.79 Å². The van der Waals surface area contributed by atoms with Crippen LogP contribution in [0.1, 0.15) is 31.4 Å². The third kappa shape index (κ3) is 5.26. The number of carboxylic acids is 1. The average molecular weight is 489 g/mol. The topological polar surface area (TPSA) is 153 Å². The van der Waals surface area contributed by atoms with Crippen LogP contribution in [0.4, 0.5) is 0 Å². The van der Waals surface area contributed by atoms with E-state index in [1.54, 1.807) is 24.0 Å². The zero-order chi connectivity index (χ0) is 25.0. The number of fused-ring (bicyclic) bond motifs is 1. The van der Waals surface area contributed by atoms with Crippen molar-refractivity contribution in [2.45, 2.75) is 37.2 Å². The molecule has 4 rings (SSSR count).